The SMILES string of the molecule is CCN(CC)C(=O)CCCC(=O)Nc1cc(-c2ccccc2C)nn1Cc1ccccc1. The Morgan fingerprint density at radius 3 is 2.34 bits per heavy atom. The van der Waals surface area contributed by atoms with Crippen LogP contribution in [0.15, 0.2) is 60.7 Å². The second-order valence-electron chi connectivity index (χ2n) is 7.84. The normalized spacial score (nSPS) is 10.7. The van der Waals surface area contributed by atoms with E-state index in [1.807, 2.05) is 73.1 Å². The van der Waals surface area contributed by atoms with E-state index in [0.717, 1.165) is 22.4 Å². The Morgan fingerprint density at radius 1 is 0.969 bits per heavy atom. The molecule has 0 unspecified atom stereocenters. The summed E-state index contributed by atoms with van der Waals surface area (Å²) in [5.74, 6) is 0.647. The number of carbonyl (C=O) groups is 2. The highest BCUT2D eigenvalue weighted by molar-refractivity contribution is 5.91. The Kier molecular flexibility index (Phi) is 8.20. The summed E-state index contributed by atoms with van der Waals surface area (Å²) in [6.45, 7) is 7.94. The van der Waals surface area contributed by atoms with Crippen molar-refractivity contribution in [1.82, 2.24) is 14.7 Å². The highest BCUT2D eigenvalue weighted by atomic mass is 16.2. The summed E-state index contributed by atoms with van der Waals surface area (Å²) in [6.07, 6.45) is 1.20. The third-order valence-electron chi connectivity index (χ3n) is 5.55. The minimum atomic E-state index is -0.108. The maximum atomic E-state index is 12.6. The van der Waals surface area contributed by atoms with E-state index in [1.165, 1.54) is 0 Å². The van der Waals surface area contributed by atoms with Crippen molar-refractivity contribution >= 4 is 17.6 Å². The van der Waals surface area contributed by atoms with Gasteiger partial charge < -0.3 is 10.2 Å². The van der Waals surface area contributed by atoms with Gasteiger partial charge >= 0.3 is 0 Å². The van der Waals surface area contributed by atoms with Gasteiger partial charge in [0.2, 0.25) is 11.8 Å². The molecule has 0 atom stereocenters. The number of amides is 2. The molecule has 0 saturated carbocycles. The van der Waals surface area contributed by atoms with E-state index in [1.54, 1.807) is 4.90 Å². The fourth-order valence-electron chi connectivity index (χ4n) is 3.73. The molecular weight excluding hydrogens is 400 g/mol. The lowest BCUT2D eigenvalue weighted by molar-refractivity contribution is -0.131. The van der Waals surface area contributed by atoms with Crippen LogP contribution in [0.4, 0.5) is 5.82 Å². The molecular formula is C26H32N4O2. The van der Waals surface area contributed by atoms with E-state index in [-0.39, 0.29) is 11.8 Å². The third kappa shape index (κ3) is 6.06. The van der Waals surface area contributed by atoms with Gasteiger partial charge in [0, 0.05) is 37.6 Å². The van der Waals surface area contributed by atoms with Gasteiger partial charge in [0.1, 0.15) is 5.82 Å². The van der Waals surface area contributed by atoms with Crippen molar-refractivity contribution in [2.45, 2.75) is 46.6 Å². The molecule has 2 amide bonds. The minimum Gasteiger partial charge on any atom is -0.343 e. The van der Waals surface area contributed by atoms with Gasteiger partial charge in [-0.1, -0.05) is 54.6 Å². The van der Waals surface area contributed by atoms with E-state index < -0.39 is 0 Å². The van der Waals surface area contributed by atoms with E-state index in [9.17, 15) is 9.59 Å². The maximum absolute atomic E-state index is 12.6. The number of anilines is 1. The summed E-state index contributed by atoms with van der Waals surface area (Å²) in [6, 6.07) is 20.0. The summed E-state index contributed by atoms with van der Waals surface area (Å²) in [7, 11) is 0. The number of rotatable bonds is 10. The first-order valence-corrected chi connectivity index (χ1v) is 11.3. The first-order valence-electron chi connectivity index (χ1n) is 11.3. The van der Waals surface area contributed by atoms with Crippen LogP contribution in [0.25, 0.3) is 11.3 Å². The van der Waals surface area contributed by atoms with Crippen molar-refractivity contribution in [1.29, 1.82) is 0 Å². The van der Waals surface area contributed by atoms with Crippen LogP contribution in [0.2, 0.25) is 0 Å². The van der Waals surface area contributed by atoms with Crippen molar-refractivity contribution in [3.05, 3.63) is 71.8 Å². The van der Waals surface area contributed by atoms with Crippen molar-refractivity contribution in [3.8, 4) is 11.3 Å². The molecule has 6 nitrogen and oxygen atoms in total. The molecule has 1 N–H and O–H groups in total. The van der Waals surface area contributed by atoms with E-state index in [4.69, 9.17) is 5.10 Å². The fraction of sp³-hybridized carbons (Fsp3) is 0.346. The van der Waals surface area contributed by atoms with Crippen LogP contribution in [-0.2, 0) is 16.1 Å². The number of nitrogens with zero attached hydrogens (tertiary/aromatic N) is 3. The minimum absolute atomic E-state index is 0.0961. The van der Waals surface area contributed by atoms with Gasteiger partial charge in [0.25, 0.3) is 0 Å². The largest absolute Gasteiger partial charge is 0.343 e. The highest BCUT2D eigenvalue weighted by Crippen LogP contribution is 2.25. The van der Waals surface area contributed by atoms with Crippen molar-refractivity contribution in [3.63, 3.8) is 0 Å². The Bertz CT molecular complexity index is 1040. The first kappa shape index (κ1) is 23.3. The first-order chi connectivity index (χ1) is 15.5. The zero-order chi connectivity index (χ0) is 22.9. The van der Waals surface area contributed by atoms with E-state index >= 15 is 0 Å². The highest BCUT2D eigenvalue weighted by Gasteiger charge is 2.15. The fourth-order valence-corrected chi connectivity index (χ4v) is 3.73. The second-order valence-corrected chi connectivity index (χ2v) is 7.84. The molecule has 6 heteroatoms. The summed E-state index contributed by atoms with van der Waals surface area (Å²) in [5, 5.41) is 7.79. The average Bonchev–Trinajstić information content (AvgIpc) is 3.17. The average molecular weight is 433 g/mol. The molecule has 1 heterocycles. The summed E-state index contributed by atoms with van der Waals surface area (Å²) >= 11 is 0. The number of carbonyl (C=O) groups excluding carboxylic acids is 2. The molecule has 168 valence electrons. The smallest absolute Gasteiger partial charge is 0.225 e. The second kappa shape index (κ2) is 11.3. The summed E-state index contributed by atoms with van der Waals surface area (Å²) < 4.78 is 1.83. The van der Waals surface area contributed by atoms with Gasteiger partial charge in [-0.05, 0) is 38.3 Å². The molecule has 0 fully saturated rings. The van der Waals surface area contributed by atoms with E-state index in [0.29, 0.717) is 44.7 Å². The van der Waals surface area contributed by atoms with Crippen LogP contribution in [0.3, 0.4) is 0 Å². The quantitative estimate of drug-likeness (QED) is 0.496. The van der Waals surface area contributed by atoms with Gasteiger partial charge in [-0.2, -0.15) is 5.10 Å². The molecule has 0 radical (unpaired) electrons. The molecule has 0 aliphatic heterocycles. The summed E-state index contributed by atoms with van der Waals surface area (Å²) in [5.41, 5.74) is 4.10. The molecule has 0 aliphatic carbocycles. The Balaban J connectivity index is 1.73. The van der Waals surface area contributed by atoms with Crippen LogP contribution in [0.5, 0.6) is 0 Å². The van der Waals surface area contributed by atoms with Gasteiger partial charge in [0.05, 0.1) is 12.2 Å². The van der Waals surface area contributed by atoms with Crippen LogP contribution >= 0.6 is 0 Å². The Morgan fingerprint density at radius 2 is 1.66 bits per heavy atom. The number of aryl methyl sites for hydroxylation is 1. The number of aromatic nitrogens is 2. The number of hydrogen-bond acceptors (Lipinski definition) is 3. The number of nitrogens with one attached hydrogen (secondary N) is 1. The molecule has 0 spiro atoms. The lowest BCUT2D eigenvalue weighted by atomic mass is 10.1. The summed E-state index contributed by atoms with van der Waals surface area (Å²) in [4.78, 5) is 26.6. The van der Waals surface area contributed by atoms with Crippen molar-refractivity contribution < 1.29 is 9.59 Å². The zero-order valence-corrected chi connectivity index (χ0v) is 19.2. The molecule has 3 rings (SSSR count). The van der Waals surface area contributed by atoms with E-state index in [2.05, 4.69) is 18.3 Å². The Hall–Kier alpha value is -3.41. The number of benzene rings is 2. The van der Waals surface area contributed by atoms with Crippen LogP contribution in [-0.4, -0.2) is 39.6 Å². The third-order valence-corrected chi connectivity index (χ3v) is 5.55. The van der Waals surface area contributed by atoms with Crippen LogP contribution in [0, 0.1) is 6.92 Å². The van der Waals surface area contributed by atoms with Crippen molar-refractivity contribution in [2.24, 2.45) is 0 Å². The predicted octanol–water partition coefficient (Wildman–Crippen LogP) is 4.88. The number of hydrogen-bond donors (Lipinski definition) is 1. The molecule has 2 aromatic carbocycles. The molecule has 0 aliphatic rings. The Labute approximate surface area is 190 Å². The molecule has 32 heavy (non-hydrogen) atoms. The van der Waals surface area contributed by atoms with Gasteiger partial charge in [-0.15, -0.1) is 0 Å². The predicted molar refractivity (Wildman–Crippen MR) is 128 cm³/mol. The molecule has 1 aromatic heterocycles. The zero-order valence-electron chi connectivity index (χ0n) is 19.2. The standard InChI is InChI=1S/C26H32N4O2/c1-4-29(5-2)26(32)17-11-16-25(31)27-24-18-23(22-15-10-9-12-20(22)3)28-30(24)19-21-13-7-6-8-14-21/h6-10,12-15,18H,4-5,11,16-17,19H2,1-3H3,(H,27,31). The lowest BCUT2D eigenvalue weighted by Gasteiger charge is -2.18. The molecule has 0 saturated heterocycles. The molecule has 3 aromatic rings. The maximum Gasteiger partial charge on any atom is 0.225 e. The van der Waals surface area contributed by atoms with Gasteiger partial charge in [0.15, 0.2) is 0 Å². The van der Waals surface area contributed by atoms with Crippen LogP contribution in [0.1, 0.15) is 44.2 Å². The molecule has 0 bridgehead atoms. The van der Waals surface area contributed by atoms with Gasteiger partial charge in [-0.3, -0.25) is 9.59 Å². The van der Waals surface area contributed by atoms with Crippen molar-refractivity contribution in [2.75, 3.05) is 18.4 Å². The monoisotopic (exact) mass is 432 g/mol. The topological polar surface area (TPSA) is 67.2 Å². The lowest BCUT2D eigenvalue weighted by Crippen LogP contribution is -2.30. The van der Waals surface area contributed by atoms with Gasteiger partial charge in [-0.25, -0.2) is 4.68 Å². The van der Waals surface area contributed by atoms with Crippen LogP contribution < -0.4 is 5.32 Å².